The average molecular weight is 362 g/mol. The van der Waals surface area contributed by atoms with Crippen LogP contribution < -0.4 is 0 Å². The Morgan fingerprint density at radius 3 is 2.44 bits per heavy atom. The molecule has 1 aliphatic carbocycles. The monoisotopic (exact) mass is 362 g/mol. The molecule has 1 aromatic carbocycles. The lowest BCUT2D eigenvalue weighted by atomic mass is 10.1. The lowest BCUT2D eigenvalue weighted by molar-refractivity contribution is 0.0723. The maximum absolute atomic E-state index is 12.9. The van der Waals surface area contributed by atoms with Gasteiger partial charge < -0.3 is 4.90 Å². The second-order valence-corrected chi connectivity index (χ2v) is 9.76. The molecule has 2 aliphatic heterocycles. The minimum atomic E-state index is -3.10. The van der Waals surface area contributed by atoms with Gasteiger partial charge in [-0.2, -0.15) is 4.31 Å². The van der Waals surface area contributed by atoms with Gasteiger partial charge >= 0.3 is 0 Å². The minimum absolute atomic E-state index is 0.00603. The summed E-state index contributed by atoms with van der Waals surface area (Å²) in [4.78, 5) is 14.8. The van der Waals surface area contributed by atoms with E-state index < -0.39 is 10.0 Å². The zero-order valence-corrected chi connectivity index (χ0v) is 15.4. The quantitative estimate of drug-likeness (QED) is 0.807. The van der Waals surface area contributed by atoms with E-state index >= 15 is 0 Å². The summed E-state index contributed by atoms with van der Waals surface area (Å²) >= 11 is 0. The zero-order chi connectivity index (χ0) is 17.4. The first-order valence-corrected chi connectivity index (χ1v) is 11.0. The lowest BCUT2D eigenvalue weighted by Crippen LogP contribution is -2.43. The number of nitrogens with zero attached hydrogens (tertiary/aromatic N) is 2. The van der Waals surface area contributed by atoms with Crippen molar-refractivity contribution in [2.75, 3.05) is 25.4 Å². The average Bonchev–Trinajstić information content (AvgIpc) is 3.17. The summed E-state index contributed by atoms with van der Waals surface area (Å²) in [6, 6.07) is 8.01. The minimum Gasteiger partial charge on any atom is -0.334 e. The standard InChI is InChI=1S/C19H26N2O3S/c22-19(17-8-6-16(7-9-17)13-15-4-5-15)21-11-1-3-18(21)14-20-10-2-12-25(20,23)24/h6-9,15,18H,1-5,10-14H2/t18-/m1/s1. The van der Waals surface area contributed by atoms with Gasteiger partial charge in [0.25, 0.3) is 5.91 Å². The van der Waals surface area contributed by atoms with E-state index in [0.29, 0.717) is 19.5 Å². The Bertz CT molecular complexity index is 740. The summed E-state index contributed by atoms with van der Waals surface area (Å²) in [7, 11) is -3.10. The Kier molecular flexibility index (Phi) is 4.58. The molecule has 1 saturated carbocycles. The number of amides is 1. The molecule has 3 aliphatic rings. The Balaban J connectivity index is 1.43. The molecular weight excluding hydrogens is 336 g/mol. The summed E-state index contributed by atoms with van der Waals surface area (Å²) in [5, 5.41) is 0. The normalized spacial score (nSPS) is 26.2. The van der Waals surface area contributed by atoms with Crippen molar-refractivity contribution in [2.45, 2.75) is 44.6 Å². The summed E-state index contributed by atoms with van der Waals surface area (Å²) in [6.45, 7) is 1.77. The first kappa shape index (κ1) is 17.0. The number of likely N-dealkylation sites (tertiary alicyclic amines) is 1. The van der Waals surface area contributed by atoms with Crippen LogP contribution in [0.25, 0.3) is 0 Å². The second-order valence-electron chi connectivity index (χ2n) is 7.67. The molecule has 5 nitrogen and oxygen atoms in total. The van der Waals surface area contributed by atoms with Gasteiger partial charge in [0.05, 0.1) is 5.75 Å². The van der Waals surface area contributed by atoms with Crippen molar-refractivity contribution in [3.63, 3.8) is 0 Å². The molecule has 1 aromatic rings. The van der Waals surface area contributed by atoms with E-state index in [1.165, 1.54) is 18.4 Å². The third-order valence-electron chi connectivity index (χ3n) is 5.68. The van der Waals surface area contributed by atoms with Gasteiger partial charge in [-0.1, -0.05) is 12.1 Å². The molecule has 3 fully saturated rings. The van der Waals surface area contributed by atoms with Gasteiger partial charge in [0.2, 0.25) is 10.0 Å². The second kappa shape index (κ2) is 6.72. The fourth-order valence-electron chi connectivity index (χ4n) is 4.03. The van der Waals surface area contributed by atoms with Crippen molar-refractivity contribution < 1.29 is 13.2 Å². The summed E-state index contributed by atoms with van der Waals surface area (Å²) in [5.74, 6) is 1.12. The number of carbonyl (C=O) groups excluding carboxylic acids is 1. The molecule has 0 radical (unpaired) electrons. The van der Waals surface area contributed by atoms with Crippen molar-refractivity contribution in [1.29, 1.82) is 0 Å². The zero-order valence-electron chi connectivity index (χ0n) is 14.6. The Labute approximate surface area is 150 Å². The van der Waals surface area contributed by atoms with Crippen molar-refractivity contribution in [3.8, 4) is 0 Å². The van der Waals surface area contributed by atoms with Crippen LogP contribution in [0.3, 0.4) is 0 Å². The van der Waals surface area contributed by atoms with Crippen LogP contribution in [0.15, 0.2) is 24.3 Å². The highest BCUT2D eigenvalue weighted by atomic mass is 32.2. The molecule has 0 bridgehead atoms. The molecule has 25 heavy (non-hydrogen) atoms. The van der Waals surface area contributed by atoms with Gasteiger partial charge in [0, 0.05) is 31.2 Å². The highest BCUT2D eigenvalue weighted by Crippen LogP contribution is 2.32. The predicted octanol–water partition coefficient (Wildman–Crippen LogP) is 2.28. The van der Waals surface area contributed by atoms with Gasteiger partial charge in [0.1, 0.15) is 0 Å². The number of hydrogen-bond donors (Lipinski definition) is 0. The van der Waals surface area contributed by atoms with Crippen LogP contribution in [0.4, 0.5) is 0 Å². The van der Waals surface area contributed by atoms with E-state index in [9.17, 15) is 13.2 Å². The predicted molar refractivity (Wildman–Crippen MR) is 96.9 cm³/mol. The third-order valence-corrected chi connectivity index (χ3v) is 7.60. The van der Waals surface area contributed by atoms with E-state index in [1.807, 2.05) is 17.0 Å². The smallest absolute Gasteiger partial charge is 0.254 e. The van der Waals surface area contributed by atoms with Crippen molar-refractivity contribution in [2.24, 2.45) is 5.92 Å². The van der Waals surface area contributed by atoms with E-state index in [2.05, 4.69) is 12.1 Å². The Hall–Kier alpha value is -1.40. The molecule has 136 valence electrons. The van der Waals surface area contributed by atoms with E-state index in [1.54, 1.807) is 4.31 Å². The molecule has 1 atom stereocenters. The van der Waals surface area contributed by atoms with Gasteiger partial charge in [-0.3, -0.25) is 4.79 Å². The summed E-state index contributed by atoms with van der Waals surface area (Å²) < 4.78 is 25.7. The van der Waals surface area contributed by atoms with Gasteiger partial charge in [-0.15, -0.1) is 0 Å². The largest absolute Gasteiger partial charge is 0.334 e. The maximum atomic E-state index is 12.9. The van der Waals surface area contributed by atoms with Crippen LogP contribution >= 0.6 is 0 Å². The number of sulfonamides is 1. The van der Waals surface area contributed by atoms with Gasteiger partial charge in [0.15, 0.2) is 0 Å². The van der Waals surface area contributed by atoms with Crippen molar-refractivity contribution in [1.82, 2.24) is 9.21 Å². The number of benzene rings is 1. The van der Waals surface area contributed by atoms with Crippen molar-refractivity contribution in [3.05, 3.63) is 35.4 Å². The lowest BCUT2D eigenvalue weighted by Gasteiger charge is -2.28. The molecule has 6 heteroatoms. The molecule has 2 saturated heterocycles. The molecule has 0 unspecified atom stereocenters. The Morgan fingerprint density at radius 1 is 1.04 bits per heavy atom. The van der Waals surface area contributed by atoms with Crippen LogP contribution in [0, 0.1) is 5.92 Å². The van der Waals surface area contributed by atoms with Crippen LogP contribution in [0.5, 0.6) is 0 Å². The molecular formula is C19H26N2O3S. The fourth-order valence-corrected chi connectivity index (χ4v) is 5.59. The molecule has 1 amide bonds. The van der Waals surface area contributed by atoms with E-state index in [0.717, 1.165) is 37.3 Å². The van der Waals surface area contributed by atoms with E-state index in [-0.39, 0.29) is 17.7 Å². The molecule has 0 aromatic heterocycles. The van der Waals surface area contributed by atoms with Crippen LogP contribution in [-0.4, -0.2) is 55.0 Å². The van der Waals surface area contributed by atoms with Gasteiger partial charge in [-0.05, 0) is 62.1 Å². The van der Waals surface area contributed by atoms with Crippen LogP contribution in [0.1, 0.15) is 48.0 Å². The van der Waals surface area contributed by atoms with Crippen LogP contribution in [-0.2, 0) is 16.4 Å². The number of hydrogen-bond acceptors (Lipinski definition) is 3. The maximum Gasteiger partial charge on any atom is 0.254 e. The SMILES string of the molecule is O=C(c1ccc(CC2CC2)cc1)N1CCC[C@@H]1CN1CCCS1(=O)=O. The molecule has 0 spiro atoms. The molecule has 4 rings (SSSR count). The molecule has 0 N–H and O–H groups in total. The first-order valence-electron chi connectivity index (χ1n) is 9.41. The topological polar surface area (TPSA) is 57.7 Å². The fraction of sp³-hybridized carbons (Fsp3) is 0.632. The number of rotatable bonds is 5. The van der Waals surface area contributed by atoms with Crippen molar-refractivity contribution >= 4 is 15.9 Å². The molecule has 2 heterocycles. The van der Waals surface area contributed by atoms with Gasteiger partial charge in [-0.25, -0.2) is 8.42 Å². The summed E-state index contributed by atoms with van der Waals surface area (Å²) in [5.41, 5.74) is 2.02. The summed E-state index contributed by atoms with van der Waals surface area (Å²) in [6.07, 6.45) is 6.31. The first-order chi connectivity index (χ1) is 12.0. The van der Waals surface area contributed by atoms with E-state index in [4.69, 9.17) is 0 Å². The Morgan fingerprint density at radius 2 is 1.80 bits per heavy atom. The highest BCUT2D eigenvalue weighted by Gasteiger charge is 2.36. The number of carbonyl (C=O) groups is 1. The third kappa shape index (κ3) is 3.75. The highest BCUT2D eigenvalue weighted by molar-refractivity contribution is 7.89. The van der Waals surface area contributed by atoms with Crippen LogP contribution in [0.2, 0.25) is 0 Å².